The molecule has 0 radical (unpaired) electrons. The summed E-state index contributed by atoms with van der Waals surface area (Å²) in [6.07, 6.45) is 0.798. The van der Waals surface area contributed by atoms with E-state index < -0.39 is 0 Å². The number of carbonyl (C=O) groups excluding carboxylic acids is 1. The van der Waals surface area contributed by atoms with Crippen molar-refractivity contribution >= 4 is 29.1 Å². The summed E-state index contributed by atoms with van der Waals surface area (Å²) in [6.45, 7) is 1.87. The van der Waals surface area contributed by atoms with E-state index in [1.807, 2.05) is 13.0 Å². The van der Waals surface area contributed by atoms with Gasteiger partial charge in [-0.15, -0.1) is 0 Å². The molecule has 0 saturated carbocycles. The van der Waals surface area contributed by atoms with Gasteiger partial charge in [0.05, 0.1) is 16.1 Å². The van der Waals surface area contributed by atoms with Crippen LogP contribution in [0.2, 0.25) is 10.0 Å². The predicted molar refractivity (Wildman–Crippen MR) is 87.7 cm³/mol. The number of hydrogen-bond acceptors (Lipinski definition) is 1. The van der Waals surface area contributed by atoms with Crippen molar-refractivity contribution in [1.82, 2.24) is 5.32 Å². The molecule has 0 aliphatic carbocycles. The Morgan fingerprint density at radius 2 is 1.95 bits per heavy atom. The first-order valence-corrected chi connectivity index (χ1v) is 7.70. The summed E-state index contributed by atoms with van der Waals surface area (Å²) in [7, 11) is 0. The average molecular weight is 340 g/mol. The van der Waals surface area contributed by atoms with Crippen molar-refractivity contribution in [3.05, 3.63) is 69.5 Å². The first kappa shape index (κ1) is 16.8. The summed E-state index contributed by atoms with van der Waals surface area (Å²) < 4.78 is 13.1. The second-order valence-electron chi connectivity index (χ2n) is 5.09. The van der Waals surface area contributed by atoms with Crippen LogP contribution in [0.4, 0.5) is 4.39 Å². The van der Waals surface area contributed by atoms with E-state index in [1.165, 1.54) is 12.1 Å². The number of aryl methyl sites for hydroxylation is 1. The molecule has 0 aliphatic rings. The summed E-state index contributed by atoms with van der Waals surface area (Å²) in [6, 6.07) is 11.4. The van der Waals surface area contributed by atoms with Gasteiger partial charge in [-0.25, -0.2) is 4.39 Å². The zero-order valence-electron chi connectivity index (χ0n) is 12.1. The molecule has 0 saturated heterocycles. The molecule has 116 valence electrons. The highest BCUT2D eigenvalue weighted by molar-refractivity contribution is 6.42. The molecular formula is C17H16Cl2FNO. The topological polar surface area (TPSA) is 29.1 Å². The molecule has 2 rings (SSSR count). The summed E-state index contributed by atoms with van der Waals surface area (Å²) in [5.74, 6) is -0.384. The lowest BCUT2D eigenvalue weighted by Gasteiger charge is -2.15. The summed E-state index contributed by atoms with van der Waals surface area (Å²) in [5.41, 5.74) is 1.69. The van der Waals surface area contributed by atoms with E-state index in [0.29, 0.717) is 22.9 Å². The Morgan fingerprint density at radius 3 is 2.64 bits per heavy atom. The van der Waals surface area contributed by atoms with E-state index >= 15 is 0 Å². The zero-order valence-corrected chi connectivity index (χ0v) is 13.6. The van der Waals surface area contributed by atoms with Gasteiger partial charge in [-0.3, -0.25) is 4.79 Å². The zero-order chi connectivity index (χ0) is 16.1. The number of amides is 1. The molecule has 1 atom stereocenters. The van der Waals surface area contributed by atoms with Crippen LogP contribution in [0.5, 0.6) is 0 Å². The molecule has 2 nitrogen and oxygen atoms in total. The summed E-state index contributed by atoms with van der Waals surface area (Å²) in [5, 5.41) is 3.83. The van der Waals surface area contributed by atoms with Gasteiger partial charge >= 0.3 is 0 Å². The third-order valence-electron chi connectivity index (χ3n) is 3.35. The lowest BCUT2D eigenvalue weighted by Crippen LogP contribution is -2.26. The van der Waals surface area contributed by atoms with Crippen molar-refractivity contribution in [2.24, 2.45) is 0 Å². The lowest BCUT2D eigenvalue weighted by atomic mass is 10.1. The van der Waals surface area contributed by atoms with Crippen LogP contribution in [-0.4, -0.2) is 5.91 Å². The number of carbonyl (C=O) groups is 1. The fourth-order valence-corrected chi connectivity index (χ4v) is 2.44. The third-order valence-corrected chi connectivity index (χ3v) is 4.09. The Kier molecular flexibility index (Phi) is 5.81. The van der Waals surface area contributed by atoms with Gasteiger partial charge in [0.15, 0.2) is 0 Å². The van der Waals surface area contributed by atoms with Crippen molar-refractivity contribution < 1.29 is 9.18 Å². The van der Waals surface area contributed by atoms with Crippen molar-refractivity contribution in [2.45, 2.75) is 25.8 Å². The van der Waals surface area contributed by atoms with Gasteiger partial charge in [-0.2, -0.15) is 0 Å². The van der Waals surface area contributed by atoms with Gasteiger partial charge in [-0.1, -0.05) is 41.4 Å². The first-order chi connectivity index (χ1) is 10.5. The average Bonchev–Trinajstić information content (AvgIpc) is 2.48. The van der Waals surface area contributed by atoms with Crippen LogP contribution in [0.25, 0.3) is 0 Å². The molecule has 2 aromatic carbocycles. The van der Waals surface area contributed by atoms with E-state index in [9.17, 15) is 9.18 Å². The first-order valence-electron chi connectivity index (χ1n) is 6.94. The quantitative estimate of drug-likeness (QED) is 0.820. The second-order valence-corrected chi connectivity index (χ2v) is 5.91. The molecular weight excluding hydrogens is 324 g/mol. The van der Waals surface area contributed by atoms with Crippen molar-refractivity contribution in [3.8, 4) is 0 Å². The van der Waals surface area contributed by atoms with Gasteiger partial charge in [0.2, 0.25) is 5.91 Å². The summed E-state index contributed by atoms with van der Waals surface area (Å²) >= 11 is 11.8. The highest BCUT2D eigenvalue weighted by Gasteiger charge is 2.11. The minimum Gasteiger partial charge on any atom is -0.350 e. The smallest absolute Gasteiger partial charge is 0.220 e. The Bertz CT molecular complexity index is 675. The molecule has 0 aromatic heterocycles. The molecule has 0 bridgehead atoms. The van der Waals surface area contributed by atoms with E-state index in [2.05, 4.69) is 5.32 Å². The van der Waals surface area contributed by atoms with Crippen LogP contribution < -0.4 is 5.32 Å². The van der Waals surface area contributed by atoms with Crippen LogP contribution in [0.3, 0.4) is 0 Å². The van der Waals surface area contributed by atoms with Gasteiger partial charge < -0.3 is 5.32 Å². The van der Waals surface area contributed by atoms with Crippen LogP contribution in [-0.2, 0) is 11.2 Å². The van der Waals surface area contributed by atoms with Gasteiger partial charge in [0.25, 0.3) is 0 Å². The fourth-order valence-electron chi connectivity index (χ4n) is 2.13. The summed E-state index contributed by atoms with van der Waals surface area (Å²) in [4.78, 5) is 12.0. The molecule has 22 heavy (non-hydrogen) atoms. The molecule has 5 heteroatoms. The Balaban J connectivity index is 1.89. The van der Waals surface area contributed by atoms with E-state index in [0.717, 1.165) is 11.1 Å². The highest BCUT2D eigenvalue weighted by atomic mass is 35.5. The highest BCUT2D eigenvalue weighted by Crippen LogP contribution is 2.25. The normalized spacial score (nSPS) is 12.0. The maximum absolute atomic E-state index is 13.1. The van der Waals surface area contributed by atoms with E-state index in [1.54, 1.807) is 24.3 Å². The largest absolute Gasteiger partial charge is 0.350 e. The van der Waals surface area contributed by atoms with Crippen LogP contribution in [0.1, 0.15) is 30.5 Å². The molecule has 2 aromatic rings. The third kappa shape index (κ3) is 4.72. The minimum absolute atomic E-state index is 0.0946. The van der Waals surface area contributed by atoms with Gasteiger partial charge in [0.1, 0.15) is 5.82 Å². The maximum Gasteiger partial charge on any atom is 0.220 e. The number of halogens is 3. The molecule has 1 amide bonds. The molecule has 0 aliphatic heterocycles. The molecule has 0 spiro atoms. The fraction of sp³-hybridized carbons (Fsp3) is 0.235. The van der Waals surface area contributed by atoms with E-state index in [4.69, 9.17) is 23.2 Å². The second kappa shape index (κ2) is 7.61. The van der Waals surface area contributed by atoms with Crippen LogP contribution in [0, 0.1) is 5.82 Å². The molecule has 0 heterocycles. The van der Waals surface area contributed by atoms with Crippen LogP contribution in [0.15, 0.2) is 42.5 Å². The SMILES string of the molecule is CC(NC(=O)CCc1cccc(F)c1)c1ccc(Cl)c(Cl)c1. The van der Waals surface area contributed by atoms with E-state index in [-0.39, 0.29) is 17.8 Å². The number of benzene rings is 2. The lowest BCUT2D eigenvalue weighted by molar-refractivity contribution is -0.121. The molecule has 0 fully saturated rings. The van der Waals surface area contributed by atoms with Crippen LogP contribution >= 0.6 is 23.2 Å². The Morgan fingerprint density at radius 1 is 1.18 bits per heavy atom. The number of hydrogen-bond donors (Lipinski definition) is 1. The Labute approximate surface area is 139 Å². The Hall–Kier alpha value is -1.58. The maximum atomic E-state index is 13.1. The number of rotatable bonds is 5. The molecule has 1 N–H and O–H groups in total. The van der Waals surface area contributed by atoms with Crippen molar-refractivity contribution in [2.75, 3.05) is 0 Å². The minimum atomic E-state index is -0.290. The van der Waals surface area contributed by atoms with Gasteiger partial charge in [0, 0.05) is 6.42 Å². The monoisotopic (exact) mass is 339 g/mol. The number of nitrogens with one attached hydrogen (secondary N) is 1. The van der Waals surface area contributed by atoms with Crippen molar-refractivity contribution in [3.63, 3.8) is 0 Å². The van der Waals surface area contributed by atoms with Crippen molar-refractivity contribution in [1.29, 1.82) is 0 Å². The standard InChI is InChI=1S/C17H16Cl2FNO/c1-11(13-6-7-15(18)16(19)10-13)21-17(22)8-5-12-3-2-4-14(20)9-12/h2-4,6-7,9-11H,5,8H2,1H3,(H,21,22). The van der Waals surface area contributed by atoms with Gasteiger partial charge in [-0.05, 0) is 48.7 Å². The predicted octanol–water partition coefficient (Wildman–Crippen LogP) is 4.94. The molecule has 1 unspecified atom stereocenters.